The molecule has 0 aromatic heterocycles. The Kier molecular flexibility index (Phi) is 2.97. The maximum atomic E-state index is 10.3. The second kappa shape index (κ2) is 4.02. The van der Waals surface area contributed by atoms with Crippen LogP contribution in [0.2, 0.25) is 0 Å². The van der Waals surface area contributed by atoms with E-state index in [9.17, 15) is 4.79 Å². The fraction of sp³-hybridized carbons (Fsp3) is 0.667. The molecule has 1 atom stereocenters. The molecule has 0 N–H and O–H groups in total. The Morgan fingerprint density at radius 3 is 3.00 bits per heavy atom. The van der Waals surface area contributed by atoms with Crippen molar-refractivity contribution in [3.8, 4) is 11.8 Å². The van der Waals surface area contributed by atoms with Crippen molar-refractivity contribution in [2.45, 2.75) is 38.7 Å². The van der Waals surface area contributed by atoms with Gasteiger partial charge in [-0.3, -0.25) is 4.79 Å². The Hall–Kier alpha value is -0.970. The summed E-state index contributed by atoms with van der Waals surface area (Å²) in [5.74, 6) is 5.74. The fourth-order valence-corrected chi connectivity index (χ4v) is 1.07. The van der Waals surface area contributed by atoms with Crippen LogP contribution < -0.4 is 0 Å². The lowest BCUT2D eigenvalue weighted by molar-refractivity contribution is -0.169. The number of hydrogen-bond donors (Lipinski definition) is 0. The van der Waals surface area contributed by atoms with E-state index in [1.807, 2.05) is 6.92 Å². The lowest BCUT2D eigenvalue weighted by Crippen LogP contribution is -2.32. The molecule has 2 heteroatoms. The highest BCUT2D eigenvalue weighted by atomic mass is 16.6. The predicted molar refractivity (Wildman–Crippen MR) is 41.8 cm³/mol. The zero-order valence-corrected chi connectivity index (χ0v) is 6.72. The van der Waals surface area contributed by atoms with E-state index in [4.69, 9.17) is 4.74 Å². The molecule has 60 valence electrons. The van der Waals surface area contributed by atoms with Crippen LogP contribution in [0.4, 0.5) is 0 Å². The van der Waals surface area contributed by atoms with Crippen molar-refractivity contribution in [2.24, 2.45) is 0 Å². The third kappa shape index (κ3) is 2.63. The second-order valence-corrected chi connectivity index (χ2v) is 2.63. The number of unbranched alkanes of at least 4 members (excludes halogenated alkanes) is 1. The molecule has 0 amide bonds. The molecule has 1 fully saturated rings. The van der Waals surface area contributed by atoms with Gasteiger partial charge in [0.25, 0.3) is 0 Å². The summed E-state index contributed by atoms with van der Waals surface area (Å²) in [5.41, 5.74) is 0. The first-order valence-corrected chi connectivity index (χ1v) is 3.92. The molecule has 0 saturated carbocycles. The Bertz CT molecular complexity index is 189. The molecule has 2 nitrogen and oxygen atoms in total. The number of hydrogen-bond acceptors (Lipinski definition) is 2. The van der Waals surface area contributed by atoms with Gasteiger partial charge in [-0.15, -0.1) is 11.8 Å². The molecule has 11 heavy (non-hydrogen) atoms. The van der Waals surface area contributed by atoms with Crippen LogP contribution in [0, 0.1) is 11.8 Å². The van der Waals surface area contributed by atoms with Crippen molar-refractivity contribution in [3.63, 3.8) is 0 Å². The Morgan fingerprint density at radius 1 is 1.73 bits per heavy atom. The first-order chi connectivity index (χ1) is 5.33. The van der Waals surface area contributed by atoms with Crippen LogP contribution in [-0.2, 0) is 9.53 Å². The lowest BCUT2D eigenvalue weighted by Gasteiger charge is -2.24. The van der Waals surface area contributed by atoms with E-state index in [0.717, 1.165) is 19.3 Å². The largest absolute Gasteiger partial charge is 0.462 e. The number of cyclic esters (lactones) is 1. The maximum absolute atomic E-state index is 10.3. The number of rotatable bonds is 3. The average Bonchev–Trinajstić information content (AvgIpc) is 1.94. The summed E-state index contributed by atoms with van der Waals surface area (Å²) in [6, 6.07) is 0. The lowest BCUT2D eigenvalue weighted by atomic mass is 10.1. The van der Waals surface area contributed by atoms with Gasteiger partial charge in [-0.25, -0.2) is 0 Å². The van der Waals surface area contributed by atoms with E-state index in [0.29, 0.717) is 6.42 Å². The topological polar surface area (TPSA) is 26.3 Å². The average molecular weight is 152 g/mol. The Morgan fingerprint density at radius 2 is 2.45 bits per heavy atom. The molecular formula is C9H12O2. The number of ether oxygens (including phenoxy) is 1. The summed E-state index contributed by atoms with van der Waals surface area (Å²) in [6.45, 7) is 1.84. The third-order valence-electron chi connectivity index (χ3n) is 1.70. The van der Waals surface area contributed by atoms with Crippen molar-refractivity contribution in [1.29, 1.82) is 0 Å². The van der Waals surface area contributed by atoms with Crippen LogP contribution in [0.25, 0.3) is 0 Å². The number of esters is 1. The van der Waals surface area contributed by atoms with Gasteiger partial charge in [-0.2, -0.15) is 0 Å². The van der Waals surface area contributed by atoms with Crippen LogP contribution in [0.3, 0.4) is 0 Å². The molecule has 1 heterocycles. The van der Waals surface area contributed by atoms with Crippen LogP contribution >= 0.6 is 0 Å². The van der Waals surface area contributed by atoms with E-state index in [1.54, 1.807) is 0 Å². The van der Waals surface area contributed by atoms with E-state index in [2.05, 4.69) is 11.8 Å². The van der Waals surface area contributed by atoms with Gasteiger partial charge in [0.15, 0.2) is 0 Å². The minimum Gasteiger partial charge on any atom is -0.462 e. The fourth-order valence-electron chi connectivity index (χ4n) is 1.07. The summed E-state index contributed by atoms with van der Waals surface area (Å²) in [6.07, 6.45) is 3.74. The van der Waals surface area contributed by atoms with Crippen molar-refractivity contribution >= 4 is 5.97 Å². The summed E-state index contributed by atoms with van der Waals surface area (Å²) < 4.78 is 4.83. The number of carbonyl (C=O) groups is 1. The highest BCUT2D eigenvalue weighted by Crippen LogP contribution is 2.18. The first kappa shape index (κ1) is 8.13. The van der Waals surface area contributed by atoms with Crippen LogP contribution in [0.15, 0.2) is 0 Å². The van der Waals surface area contributed by atoms with Crippen LogP contribution in [0.5, 0.6) is 0 Å². The molecule has 1 aliphatic heterocycles. The maximum Gasteiger partial charge on any atom is 0.309 e. The van der Waals surface area contributed by atoms with Gasteiger partial charge in [-0.1, -0.05) is 0 Å². The van der Waals surface area contributed by atoms with Crippen molar-refractivity contribution in [1.82, 2.24) is 0 Å². The molecule has 0 aliphatic carbocycles. The molecule has 1 saturated heterocycles. The molecule has 0 bridgehead atoms. The summed E-state index contributed by atoms with van der Waals surface area (Å²) in [4.78, 5) is 10.3. The van der Waals surface area contributed by atoms with Crippen LogP contribution in [0.1, 0.15) is 32.6 Å². The second-order valence-electron chi connectivity index (χ2n) is 2.63. The van der Waals surface area contributed by atoms with Crippen molar-refractivity contribution in [2.75, 3.05) is 0 Å². The van der Waals surface area contributed by atoms with Gasteiger partial charge in [0, 0.05) is 6.42 Å². The minimum absolute atomic E-state index is 0.0587. The van der Waals surface area contributed by atoms with Gasteiger partial charge in [0.05, 0.1) is 6.42 Å². The molecule has 0 unspecified atom stereocenters. The van der Waals surface area contributed by atoms with Gasteiger partial charge in [-0.05, 0) is 19.8 Å². The van der Waals surface area contributed by atoms with E-state index >= 15 is 0 Å². The zero-order chi connectivity index (χ0) is 8.10. The normalized spacial score (nSPS) is 21.2. The first-order valence-electron chi connectivity index (χ1n) is 3.92. The van der Waals surface area contributed by atoms with Gasteiger partial charge in [0.2, 0.25) is 0 Å². The van der Waals surface area contributed by atoms with E-state index < -0.39 is 0 Å². The summed E-state index contributed by atoms with van der Waals surface area (Å²) in [7, 11) is 0. The third-order valence-corrected chi connectivity index (χ3v) is 1.70. The number of carbonyl (C=O) groups excluding carboxylic acids is 1. The molecule has 0 aromatic carbocycles. The van der Waals surface area contributed by atoms with E-state index in [-0.39, 0.29) is 12.1 Å². The summed E-state index contributed by atoms with van der Waals surface area (Å²) >= 11 is 0. The smallest absolute Gasteiger partial charge is 0.309 e. The van der Waals surface area contributed by atoms with Gasteiger partial charge < -0.3 is 4.74 Å². The summed E-state index contributed by atoms with van der Waals surface area (Å²) in [5, 5.41) is 0. The molecule has 0 spiro atoms. The van der Waals surface area contributed by atoms with E-state index in [1.165, 1.54) is 0 Å². The predicted octanol–water partition coefficient (Wildman–Crippen LogP) is 1.50. The standard InChI is InChI=1S/C9H12O2/c1-2-3-4-5-6-8-7-9(10)11-8/h8H,4-7H2,1H3/t8-/m1/s1. The molecule has 0 aromatic rings. The zero-order valence-electron chi connectivity index (χ0n) is 6.72. The molecular weight excluding hydrogens is 140 g/mol. The van der Waals surface area contributed by atoms with Crippen molar-refractivity contribution < 1.29 is 9.53 Å². The van der Waals surface area contributed by atoms with Gasteiger partial charge >= 0.3 is 5.97 Å². The molecule has 1 aliphatic rings. The molecule has 1 rings (SSSR count). The van der Waals surface area contributed by atoms with Gasteiger partial charge in [0.1, 0.15) is 6.10 Å². The van der Waals surface area contributed by atoms with Crippen molar-refractivity contribution in [3.05, 3.63) is 0 Å². The van der Waals surface area contributed by atoms with Crippen LogP contribution in [-0.4, -0.2) is 12.1 Å². The monoisotopic (exact) mass is 152 g/mol. The highest BCUT2D eigenvalue weighted by Gasteiger charge is 2.27. The highest BCUT2D eigenvalue weighted by molar-refractivity contribution is 5.75. The Labute approximate surface area is 66.9 Å². The minimum atomic E-state index is -0.0587. The SMILES string of the molecule is CC#CCCC[C@@H]1CC(=O)O1. The quantitative estimate of drug-likeness (QED) is 0.348. The molecule has 0 radical (unpaired) electrons. The Balaban J connectivity index is 1.95.